The average Bonchev–Trinajstić information content (AvgIpc) is 2.53. The Kier molecular flexibility index (Phi) is 3.99. The lowest BCUT2D eigenvalue weighted by Crippen LogP contribution is -2.28. The molecule has 0 bridgehead atoms. The molecule has 0 aromatic heterocycles. The zero-order valence-corrected chi connectivity index (χ0v) is 14.3. The van der Waals surface area contributed by atoms with Crippen molar-refractivity contribution >= 4 is 5.69 Å². The third-order valence-electron chi connectivity index (χ3n) is 4.77. The van der Waals surface area contributed by atoms with Crippen LogP contribution in [-0.4, -0.2) is 13.1 Å². The fourth-order valence-corrected chi connectivity index (χ4v) is 3.32. The molecule has 0 radical (unpaired) electrons. The monoisotopic (exact) mass is 293 g/mol. The van der Waals surface area contributed by atoms with Gasteiger partial charge >= 0.3 is 0 Å². The molecule has 0 atom stereocenters. The Morgan fingerprint density at radius 1 is 0.955 bits per heavy atom. The van der Waals surface area contributed by atoms with Crippen LogP contribution in [0.25, 0.3) is 11.1 Å². The molecule has 0 saturated carbocycles. The van der Waals surface area contributed by atoms with E-state index in [9.17, 15) is 0 Å². The number of anilines is 1. The van der Waals surface area contributed by atoms with Gasteiger partial charge in [-0.25, -0.2) is 0 Å². The quantitative estimate of drug-likeness (QED) is 0.714. The molecule has 1 aliphatic rings. The SMILES string of the molecule is CCN1CCCc2ccc(-c3ccc(C(C)(C)C)cc3)cc21. The predicted octanol–water partition coefficient (Wildman–Crippen LogP) is 5.42. The van der Waals surface area contributed by atoms with E-state index in [2.05, 4.69) is 75.1 Å². The largest absolute Gasteiger partial charge is 0.372 e. The van der Waals surface area contributed by atoms with Gasteiger partial charge in [-0.05, 0) is 53.5 Å². The summed E-state index contributed by atoms with van der Waals surface area (Å²) in [4.78, 5) is 2.51. The third-order valence-corrected chi connectivity index (χ3v) is 4.77. The summed E-state index contributed by atoms with van der Waals surface area (Å²) in [6.07, 6.45) is 2.50. The molecule has 0 N–H and O–H groups in total. The maximum atomic E-state index is 2.51. The van der Waals surface area contributed by atoms with Crippen LogP contribution in [0.1, 0.15) is 45.2 Å². The van der Waals surface area contributed by atoms with E-state index in [1.54, 1.807) is 0 Å². The molecule has 0 aliphatic carbocycles. The van der Waals surface area contributed by atoms with Crippen molar-refractivity contribution in [2.24, 2.45) is 0 Å². The first kappa shape index (κ1) is 15.1. The van der Waals surface area contributed by atoms with Crippen molar-refractivity contribution in [3.05, 3.63) is 53.6 Å². The lowest BCUT2D eigenvalue weighted by molar-refractivity contribution is 0.590. The van der Waals surface area contributed by atoms with Crippen molar-refractivity contribution in [3.63, 3.8) is 0 Å². The topological polar surface area (TPSA) is 3.24 Å². The Balaban J connectivity index is 1.95. The van der Waals surface area contributed by atoms with Gasteiger partial charge in [0.2, 0.25) is 0 Å². The molecule has 0 fully saturated rings. The van der Waals surface area contributed by atoms with Crippen LogP contribution < -0.4 is 4.90 Å². The molecule has 1 nitrogen and oxygen atoms in total. The second-order valence-corrected chi connectivity index (χ2v) is 7.35. The van der Waals surface area contributed by atoms with E-state index in [0.29, 0.717) is 0 Å². The van der Waals surface area contributed by atoms with Crippen molar-refractivity contribution in [2.75, 3.05) is 18.0 Å². The Morgan fingerprint density at radius 3 is 2.27 bits per heavy atom. The lowest BCUT2D eigenvalue weighted by atomic mass is 9.86. The van der Waals surface area contributed by atoms with Crippen LogP contribution in [0.4, 0.5) is 5.69 Å². The molecule has 3 rings (SSSR count). The Bertz CT molecular complexity index is 647. The molecule has 1 aliphatic heterocycles. The molecule has 22 heavy (non-hydrogen) atoms. The van der Waals surface area contributed by atoms with Crippen LogP contribution in [0.3, 0.4) is 0 Å². The maximum absolute atomic E-state index is 2.51. The molecule has 1 heterocycles. The van der Waals surface area contributed by atoms with Gasteiger partial charge in [-0.3, -0.25) is 0 Å². The van der Waals surface area contributed by atoms with Crippen molar-refractivity contribution in [1.29, 1.82) is 0 Å². The molecule has 0 spiro atoms. The minimum absolute atomic E-state index is 0.216. The first-order valence-electron chi connectivity index (χ1n) is 8.48. The van der Waals surface area contributed by atoms with E-state index in [1.165, 1.54) is 47.3 Å². The first-order chi connectivity index (χ1) is 10.5. The Hall–Kier alpha value is -1.76. The molecule has 0 saturated heterocycles. The van der Waals surface area contributed by atoms with Crippen LogP contribution >= 0.6 is 0 Å². The highest BCUT2D eigenvalue weighted by atomic mass is 15.1. The molecule has 2 aromatic rings. The van der Waals surface area contributed by atoms with Crippen molar-refractivity contribution in [2.45, 2.75) is 46.0 Å². The Morgan fingerprint density at radius 2 is 1.64 bits per heavy atom. The van der Waals surface area contributed by atoms with Crippen molar-refractivity contribution in [3.8, 4) is 11.1 Å². The highest BCUT2D eigenvalue weighted by molar-refractivity contribution is 5.71. The number of aryl methyl sites for hydroxylation is 1. The van der Waals surface area contributed by atoms with E-state index in [1.807, 2.05) is 0 Å². The second-order valence-electron chi connectivity index (χ2n) is 7.35. The van der Waals surface area contributed by atoms with E-state index in [4.69, 9.17) is 0 Å². The summed E-state index contributed by atoms with van der Waals surface area (Å²) in [7, 11) is 0. The highest BCUT2D eigenvalue weighted by Crippen LogP contribution is 2.33. The molecule has 2 aromatic carbocycles. The van der Waals surface area contributed by atoms with Gasteiger partial charge in [-0.1, -0.05) is 57.2 Å². The van der Waals surface area contributed by atoms with Crippen LogP contribution in [-0.2, 0) is 11.8 Å². The summed E-state index contributed by atoms with van der Waals surface area (Å²) < 4.78 is 0. The fourth-order valence-electron chi connectivity index (χ4n) is 3.32. The second kappa shape index (κ2) is 5.79. The molecular formula is C21H27N. The molecule has 0 unspecified atom stereocenters. The summed E-state index contributed by atoms with van der Waals surface area (Å²) in [6.45, 7) is 11.3. The number of benzene rings is 2. The smallest absolute Gasteiger partial charge is 0.0404 e. The van der Waals surface area contributed by atoms with Gasteiger partial charge in [0.25, 0.3) is 0 Å². The Labute approximate surface area is 135 Å². The molecular weight excluding hydrogens is 266 g/mol. The van der Waals surface area contributed by atoms with E-state index in [-0.39, 0.29) is 5.41 Å². The summed E-state index contributed by atoms with van der Waals surface area (Å²) in [5.74, 6) is 0. The predicted molar refractivity (Wildman–Crippen MR) is 96.8 cm³/mol. The van der Waals surface area contributed by atoms with Crippen LogP contribution in [0.5, 0.6) is 0 Å². The van der Waals surface area contributed by atoms with Crippen molar-refractivity contribution < 1.29 is 0 Å². The number of rotatable bonds is 2. The summed E-state index contributed by atoms with van der Waals surface area (Å²) >= 11 is 0. The summed E-state index contributed by atoms with van der Waals surface area (Å²) in [5, 5.41) is 0. The van der Waals surface area contributed by atoms with E-state index < -0.39 is 0 Å². The zero-order chi connectivity index (χ0) is 15.7. The van der Waals surface area contributed by atoms with Gasteiger partial charge < -0.3 is 4.90 Å². The average molecular weight is 293 g/mol. The van der Waals surface area contributed by atoms with Crippen molar-refractivity contribution in [1.82, 2.24) is 0 Å². The zero-order valence-electron chi connectivity index (χ0n) is 14.3. The highest BCUT2D eigenvalue weighted by Gasteiger charge is 2.17. The minimum Gasteiger partial charge on any atom is -0.372 e. The minimum atomic E-state index is 0.216. The van der Waals surface area contributed by atoms with Gasteiger partial charge in [0.05, 0.1) is 0 Å². The number of nitrogens with zero attached hydrogens (tertiary/aromatic N) is 1. The van der Waals surface area contributed by atoms with Gasteiger partial charge in [0.15, 0.2) is 0 Å². The maximum Gasteiger partial charge on any atom is 0.0404 e. The van der Waals surface area contributed by atoms with Gasteiger partial charge in [-0.15, -0.1) is 0 Å². The van der Waals surface area contributed by atoms with Crippen LogP contribution in [0.15, 0.2) is 42.5 Å². The third kappa shape index (κ3) is 2.90. The fraction of sp³-hybridized carbons (Fsp3) is 0.429. The standard InChI is InChI=1S/C21H27N/c1-5-22-14-6-7-17-8-9-18(15-20(17)22)16-10-12-19(13-11-16)21(2,3)4/h8-13,15H,5-7,14H2,1-4H3. The van der Waals surface area contributed by atoms with Crippen LogP contribution in [0.2, 0.25) is 0 Å². The van der Waals surface area contributed by atoms with E-state index >= 15 is 0 Å². The first-order valence-corrected chi connectivity index (χ1v) is 8.48. The number of hydrogen-bond donors (Lipinski definition) is 0. The van der Waals surface area contributed by atoms with Gasteiger partial charge in [0, 0.05) is 18.8 Å². The summed E-state index contributed by atoms with van der Waals surface area (Å²) in [6, 6.07) is 16.1. The van der Waals surface area contributed by atoms with E-state index in [0.717, 1.165) is 6.54 Å². The molecule has 1 heteroatoms. The number of hydrogen-bond acceptors (Lipinski definition) is 1. The van der Waals surface area contributed by atoms with Crippen LogP contribution in [0, 0.1) is 0 Å². The van der Waals surface area contributed by atoms with Gasteiger partial charge in [0.1, 0.15) is 0 Å². The number of fused-ring (bicyclic) bond motifs is 1. The normalized spacial score (nSPS) is 14.8. The van der Waals surface area contributed by atoms with Gasteiger partial charge in [-0.2, -0.15) is 0 Å². The lowest BCUT2D eigenvalue weighted by Gasteiger charge is -2.30. The summed E-state index contributed by atoms with van der Waals surface area (Å²) in [5.41, 5.74) is 7.20. The molecule has 116 valence electrons. The molecule has 0 amide bonds.